The Morgan fingerprint density at radius 3 is 2.90 bits per heavy atom. The lowest BCUT2D eigenvalue weighted by molar-refractivity contribution is -0.145. The molecule has 0 aliphatic heterocycles. The van der Waals surface area contributed by atoms with E-state index in [0.717, 1.165) is 0 Å². The van der Waals surface area contributed by atoms with Crippen molar-refractivity contribution in [3.63, 3.8) is 0 Å². The lowest BCUT2D eigenvalue weighted by atomic mass is 9.80. The van der Waals surface area contributed by atoms with Crippen molar-refractivity contribution in [1.29, 1.82) is 0 Å². The Morgan fingerprint density at radius 1 is 1.45 bits per heavy atom. The number of thiophene rings is 1. The molecule has 0 bridgehead atoms. The summed E-state index contributed by atoms with van der Waals surface area (Å²) in [5, 5.41) is 24.2. The standard InChI is InChI=1S/C11H11N5O3S/c17-10(13-7-3-6(4-7)11(18)19)9-8(1-2-20-9)16-5-12-14-15-16/h1-2,5-7H,3-4H2,(H,13,17)(H,18,19). The number of aliphatic carboxylic acids is 1. The van der Waals surface area contributed by atoms with Gasteiger partial charge in [0.25, 0.3) is 5.91 Å². The summed E-state index contributed by atoms with van der Waals surface area (Å²) in [5.41, 5.74) is 0.617. The molecule has 0 spiro atoms. The van der Waals surface area contributed by atoms with Gasteiger partial charge in [-0.1, -0.05) is 0 Å². The van der Waals surface area contributed by atoms with Crippen molar-refractivity contribution in [3.05, 3.63) is 22.7 Å². The van der Waals surface area contributed by atoms with Gasteiger partial charge >= 0.3 is 5.97 Å². The molecule has 2 N–H and O–H groups in total. The number of nitrogens with one attached hydrogen (secondary N) is 1. The number of rotatable bonds is 4. The SMILES string of the molecule is O=C(NC1CC(C(=O)O)C1)c1sccc1-n1cnnn1. The molecule has 9 heteroatoms. The highest BCUT2D eigenvalue weighted by Gasteiger charge is 2.35. The summed E-state index contributed by atoms with van der Waals surface area (Å²) in [6.45, 7) is 0. The number of nitrogens with zero attached hydrogens (tertiary/aromatic N) is 4. The van der Waals surface area contributed by atoms with Gasteiger partial charge in [-0.2, -0.15) is 4.68 Å². The molecule has 104 valence electrons. The average molecular weight is 293 g/mol. The van der Waals surface area contributed by atoms with Gasteiger partial charge in [0.1, 0.15) is 11.2 Å². The highest BCUT2D eigenvalue weighted by molar-refractivity contribution is 7.12. The van der Waals surface area contributed by atoms with Gasteiger partial charge in [-0.05, 0) is 34.7 Å². The van der Waals surface area contributed by atoms with Crippen molar-refractivity contribution < 1.29 is 14.7 Å². The van der Waals surface area contributed by atoms with Crippen LogP contribution in [0.1, 0.15) is 22.5 Å². The topological polar surface area (TPSA) is 110 Å². The van der Waals surface area contributed by atoms with Crippen molar-refractivity contribution in [3.8, 4) is 5.69 Å². The maximum Gasteiger partial charge on any atom is 0.306 e. The lowest BCUT2D eigenvalue weighted by Crippen LogP contribution is -2.46. The van der Waals surface area contributed by atoms with Gasteiger partial charge in [0, 0.05) is 6.04 Å². The number of amides is 1. The summed E-state index contributed by atoms with van der Waals surface area (Å²) < 4.78 is 1.42. The third-order valence-corrected chi connectivity index (χ3v) is 4.17. The van der Waals surface area contributed by atoms with E-state index in [1.165, 1.54) is 22.3 Å². The molecule has 0 aromatic carbocycles. The Labute approximate surface area is 117 Å². The molecule has 2 heterocycles. The van der Waals surface area contributed by atoms with Gasteiger partial charge in [0.05, 0.1) is 11.6 Å². The van der Waals surface area contributed by atoms with Crippen LogP contribution >= 0.6 is 11.3 Å². The minimum Gasteiger partial charge on any atom is -0.481 e. The number of carboxylic acid groups (broad SMARTS) is 1. The van der Waals surface area contributed by atoms with Crippen LogP contribution in [0.2, 0.25) is 0 Å². The van der Waals surface area contributed by atoms with Gasteiger partial charge in [-0.15, -0.1) is 16.4 Å². The van der Waals surface area contributed by atoms with Gasteiger partial charge in [-0.3, -0.25) is 9.59 Å². The normalized spacial score (nSPS) is 21.2. The fraction of sp³-hybridized carbons (Fsp3) is 0.364. The Bertz CT molecular complexity index is 632. The fourth-order valence-electron chi connectivity index (χ4n) is 2.11. The number of hydrogen-bond donors (Lipinski definition) is 2. The lowest BCUT2D eigenvalue weighted by Gasteiger charge is -2.32. The summed E-state index contributed by atoms with van der Waals surface area (Å²) in [7, 11) is 0. The fourth-order valence-corrected chi connectivity index (χ4v) is 2.89. The van der Waals surface area contributed by atoms with Crippen molar-refractivity contribution in [1.82, 2.24) is 25.5 Å². The smallest absolute Gasteiger partial charge is 0.306 e. The van der Waals surface area contributed by atoms with Crippen LogP contribution in [0.5, 0.6) is 0 Å². The molecule has 1 amide bonds. The van der Waals surface area contributed by atoms with E-state index in [0.29, 0.717) is 23.4 Å². The van der Waals surface area contributed by atoms with Crippen molar-refractivity contribution >= 4 is 23.2 Å². The van der Waals surface area contributed by atoms with Crippen LogP contribution < -0.4 is 5.32 Å². The van der Waals surface area contributed by atoms with E-state index in [-0.39, 0.29) is 17.9 Å². The van der Waals surface area contributed by atoms with Crippen LogP contribution in [0.25, 0.3) is 5.69 Å². The Kier molecular flexibility index (Phi) is 3.18. The first-order chi connectivity index (χ1) is 9.65. The molecule has 2 aromatic rings. The molecule has 8 nitrogen and oxygen atoms in total. The van der Waals surface area contributed by atoms with Crippen molar-refractivity contribution in [2.75, 3.05) is 0 Å². The minimum absolute atomic E-state index is 0.0765. The molecule has 0 atom stereocenters. The zero-order chi connectivity index (χ0) is 14.1. The number of carbonyl (C=O) groups excluding carboxylic acids is 1. The molecule has 3 rings (SSSR count). The van der Waals surface area contributed by atoms with Gasteiger partial charge < -0.3 is 10.4 Å². The Balaban J connectivity index is 1.67. The summed E-state index contributed by atoms with van der Waals surface area (Å²) in [5.74, 6) is -1.37. The van der Waals surface area contributed by atoms with Crippen molar-refractivity contribution in [2.24, 2.45) is 5.92 Å². The van der Waals surface area contributed by atoms with Gasteiger partial charge in [0.2, 0.25) is 0 Å². The first-order valence-electron chi connectivity index (χ1n) is 5.99. The largest absolute Gasteiger partial charge is 0.481 e. The predicted octanol–water partition coefficient (Wildman–Crippen LogP) is 0.317. The number of tetrazole rings is 1. The Hall–Kier alpha value is -2.29. The van der Waals surface area contributed by atoms with Crippen LogP contribution in [0, 0.1) is 5.92 Å². The molecule has 1 fully saturated rings. The maximum atomic E-state index is 12.2. The van der Waals surface area contributed by atoms with E-state index in [2.05, 4.69) is 20.8 Å². The first kappa shape index (κ1) is 12.7. The zero-order valence-corrected chi connectivity index (χ0v) is 11.1. The third kappa shape index (κ3) is 2.27. The summed E-state index contributed by atoms with van der Waals surface area (Å²) >= 11 is 1.29. The monoisotopic (exact) mass is 293 g/mol. The van der Waals surface area contributed by atoms with E-state index in [1.807, 2.05) is 0 Å². The number of aromatic nitrogens is 4. The Morgan fingerprint density at radius 2 is 2.25 bits per heavy atom. The van der Waals surface area contributed by atoms with Crippen LogP contribution in [-0.4, -0.2) is 43.2 Å². The third-order valence-electron chi connectivity index (χ3n) is 3.27. The highest BCUT2D eigenvalue weighted by Crippen LogP contribution is 2.28. The quantitative estimate of drug-likeness (QED) is 0.840. The van der Waals surface area contributed by atoms with Crippen LogP contribution in [0.4, 0.5) is 0 Å². The molecule has 2 aromatic heterocycles. The molecular formula is C11H11N5O3S. The van der Waals surface area contributed by atoms with E-state index in [1.54, 1.807) is 11.4 Å². The molecule has 20 heavy (non-hydrogen) atoms. The first-order valence-corrected chi connectivity index (χ1v) is 6.87. The summed E-state index contributed by atoms with van der Waals surface area (Å²) in [6, 6.07) is 1.68. The summed E-state index contributed by atoms with van der Waals surface area (Å²) in [4.78, 5) is 23.4. The maximum absolute atomic E-state index is 12.2. The second-order valence-electron chi connectivity index (χ2n) is 4.57. The molecule has 0 unspecified atom stereocenters. The average Bonchev–Trinajstić information content (AvgIpc) is 3.00. The number of carboxylic acids is 1. The van der Waals surface area contributed by atoms with Gasteiger partial charge in [0.15, 0.2) is 0 Å². The highest BCUT2D eigenvalue weighted by atomic mass is 32.1. The zero-order valence-electron chi connectivity index (χ0n) is 10.3. The van der Waals surface area contributed by atoms with E-state index >= 15 is 0 Å². The number of hydrogen-bond acceptors (Lipinski definition) is 6. The molecule has 1 aliphatic rings. The van der Waals surface area contributed by atoms with Gasteiger partial charge in [-0.25, -0.2) is 0 Å². The molecule has 1 saturated carbocycles. The predicted molar refractivity (Wildman–Crippen MR) is 68.6 cm³/mol. The van der Waals surface area contributed by atoms with Crippen LogP contribution in [-0.2, 0) is 4.79 Å². The molecule has 1 aliphatic carbocycles. The van der Waals surface area contributed by atoms with E-state index in [4.69, 9.17) is 5.11 Å². The minimum atomic E-state index is -0.805. The van der Waals surface area contributed by atoms with E-state index in [9.17, 15) is 9.59 Å². The molecule has 0 saturated heterocycles. The van der Waals surface area contributed by atoms with Crippen LogP contribution in [0.15, 0.2) is 17.8 Å². The second-order valence-corrected chi connectivity index (χ2v) is 5.48. The number of carbonyl (C=O) groups is 2. The van der Waals surface area contributed by atoms with Crippen molar-refractivity contribution in [2.45, 2.75) is 18.9 Å². The molecule has 0 radical (unpaired) electrons. The second kappa shape index (κ2) is 5.00. The molecular weight excluding hydrogens is 282 g/mol. The van der Waals surface area contributed by atoms with E-state index < -0.39 is 5.97 Å². The summed E-state index contributed by atoms with van der Waals surface area (Å²) in [6.07, 6.45) is 2.38. The van der Waals surface area contributed by atoms with Crippen LogP contribution in [0.3, 0.4) is 0 Å².